The van der Waals surface area contributed by atoms with E-state index in [9.17, 15) is 9.59 Å². The Hall–Kier alpha value is -1.70. The van der Waals surface area contributed by atoms with E-state index in [2.05, 4.69) is 6.92 Å². The molecule has 0 radical (unpaired) electrons. The van der Waals surface area contributed by atoms with Crippen molar-refractivity contribution in [1.82, 2.24) is 0 Å². The summed E-state index contributed by atoms with van der Waals surface area (Å²) in [5.41, 5.74) is 1.94. The molecule has 0 N–H and O–H groups in total. The highest BCUT2D eigenvalue weighted by molar-refractivity contribution is 6.63. The first kappa shape index (κ1) is 10.8. The van der Waals surface area contributed by atoms with Crippen molar-refractivity contribution in [2.75, 3.05) is 0 Å². The summed E-state index contributed by atoms with van der Waals surface area (Å²) >= 11 is 0. The standard InChI is InChI=1S/C14H14O2/c1-2-3-4-8-11-10-7-5-6-9-12(10)14(16)13(11)15/h5-9H,2-4H2,1H3. The van der Waals surface area contributed by atoms with Crippen LogP contribution < -0.4 is 0 Å². The number of ketones is 2. The minimum Gasteiger partial charge on any atom is -0.285 e. The van der Waals surface area contributed by atoms with Gasteiger partial charge in [-0.05, 0) is 12.0 Å². The van der Waals surface area contributed by atoms with Crippen LogP contribution in [0.1, 0.15) is 42.1 Å². The molecule has 1 aromatic rings. The molecule has 0 atom stereocenters. The van der Waals surface area contributed by atoms with Crippen LogP contribution in [0.3, 0.4) is 0 Å². The van der Waals surface area contributed by atoms with Crippen LogP contribution in [-0.4, -0.2) is 11.6 Å². The molecule has 2 rings (SSSR count). The molecule has 16 heavy (non-hydrogen) atoms. The number of benzene rings is 1. The molecule has 0 bridgehead atoms. The number of carbonyl (C=O) groups excluding carboxylic acids is 2. The molecule has 82 valence electrons. The monoisotopic (exact) mass is 214 g/mol. The zero-order valence-electron chi connectivity index (χ0n) is 9.32. The quantitative estimate of drug-likeness (QED) is 0.440. The van der Waals surface area contributed by atoms with Gasteiger partial charge in [0.15, 0.2) is 0 Å². The number of allylic oxidation sites excluding steroid dienone is 2. The van der Waals surface area contributed by atoms with Crippen LogP contribution in [0, 0.1) is 0 Å². The third-order valence-corrected chi connectivity index (χ3v) is 2.82. The molecule has 0 aliphatic heterocycles. The maximum absolute atomic E-state index is 11.7. The predicted molar refractivity (Wildman–Crippen MR) is 63.3 cm³/mol. The molecule has 0 fully saturated rings. The molecule has 0 unspecified atom stereocenters. The fourth-order valence-corrected chi connectivity index (χ4v) is 1.94. The van der Waals surface area contributed by atoms with Crippen LogP contribution in [0.25, 0.3) is 5.57 Å². The Balaban J connectivity index is 2.37. The van der Waals surface area contributed by atoms with E-state index in [1.54, 1.807) is 12.1 Å². The summed E-state index contributed by atoms with van der Waals surface area (Å²) in [7, 11) is 0. The first-order valence-electron chi connectivity index (χ1n) is 5.64. The van der Waals surface area contributed by atoms with E-state index in [1.807, 2.05) is 18.2 Å². The van der Waals surface area contributed by atoms with Crippen molar-refractivity contribution in [3.05, 3.63) is 41.5 Å². The number of hydrogen-bond donors (Lipinski definition) is 0. The predicted octanol–water partition coefficient (Wildman–Crippen LogP) is 3.03. The average molecular weight is 214 g/mol. The van der Waals surface area contributed by atoms with E-state index in [0.717, 1.165) is 24.8 Å². The zero-order valence-corrected chi connectivity index (χ0v) is 9.32. The van der Waals surface area contributed by atoms with Gasteiger partial charge < -0.3 is 0 Å². The highest BCUT2D eigenvalue weighted by Gasteiger charge is 2.32. The second-order valence-electron chi connectivity index (χ2n) is 3.96. The van der Waals surface area contributed by atoms with Gasteiger partial charge in [-0.25, -0.2) is 0 Å². The number of Topliss-reactive ketones (excluding diaryl/α,β-unsaturated/α-hetero) is 2. The third-order valence-electron chi connectivity index (χ3n) is 2.82. The Bertz CT molecular complexity index is 469. The lowest BCUT2D eigenvalue weighted by Crippen LogP contribution is -2.05. The van der Waals surface area contributed by atoms with Crippen LogP contribution in [0.4, 0.5) is 0 Å². The number of rotatable bonds is 3. The van der Waals surface area contributed by atoms with Crippen LogP contribution in [0.15, 0.2) is 30.3 Å². The normalized spacial score (nSPS) is 16.9. The number of fused-ring (bicyclic) bond motifs is 1. The van der Waals surface area contributed by atoms with Crippen LogP contribution in [-0.2, 0) is 4.79 Å². The topological polar surface area (TPSA) is 34.1 Å². The summed E-state index contributed by atoms with van der Waals surface area (Å²) in [6.45, 7) is 2.11. The highest BCUT2D eigenvalue weighted by Crippen LogP contribution is 2.29. The Morgan fingerprint density at radius 3 is 2.44 bits per heavy atom. The second-order valence-corrected chi connectivity index (χ2v) is 3.96. The van der Waals surface area contributed by atoms with Crippen molar-refractivity contribution in [3.63, 3.8) is 0 Å². The zero-order chi connectivity index (χ0) is 11.5. The van der Waals surface area contributed by atoms with E-state index in [-0.39, 0.29) is 11.6 Å². The Labute approximate surface area is 95.0 Å². The lowest BCUT2D eigenvalue weighted by molar-refractivity contribution is -0.109. The molecule has 0 aromatic heterocycles. The molecule has 0 spiro atoms. The summed E-state index contributed by atoms with van der Waals surface area (Å²) in [6.07, 6.45) is 4.90. The van der Waals surface area contributed by atoms with Crippen molar-refractivity contribution in [1.29, 1.82) is 0 Å². The number of unbranched alkanes of at least 4 members (excludes halogenated alkanes) is 2. The van der Waals surface area contributed by atoms with Crippen molar-refractivity contribution in [2.24, 2.45) is 0 Å². The summed E-state index contributed by atoms with van der Waals surface area (Å²) in [5, 5.41) is 0. The first-order chi connectivity index (χ1) is 7.75. The Kier molecular flexibility index (Phi) is 3.00. The van der Waals surface area contributed by atoms with Gasteiger partial charge in [-0.2, -0.15) is 0 Å². The van der Waals surface area contributed by atoms with E-state index in [0.29, 0.717) is 11.1 Å². The minimum absolute atomic E-state index is 0.350. The van der Waals surface area contributed by atoms with Gasteiger partial charge in [0.1, 0.15) is 0 Å². The summed E-state index contributed by atoms with van der Waals surface area (Å²) in [6, 6.07) is 7.21. The number of hydrogen-bond acceptors (Lipinski definition) is 2. The Morgan fingerprint density at radius 1 is 1.06 bits per heavy atom. The van der Waals surface area contributed by atoms with Gasteiger partial charge >= 0.3 is 0 Å². The number of carbonyl (C=O) groups is 2. The van der Waals surface area contributed by atoms with Gasteiger partial charge in [0, 0.05) is 11.1 Å². The highest BCUT2D eigenvalue weighted by atomic mass is 16.2. The molecule has 1 aliphatic carbocycles. The summed E-state index contributed by atoms with van der Waals surface area (Å²) in [4.78, 5) is 23.4. The second kappa shape index (κ2) is 4.44. The molecule has 0 saturated carbocycles. The van der Waals surface area contributed by atoms with Gasteiger partial charge in [0.05, 0.1) is 0 Å². The van der Waals surface area contributed by atoms with E-state index >= 15 is 0 Å². The van der Waals surface area contributed by atoms with Gasteiger partial charge in [0.25, 0.3) is 0 Å². The smallest absolute Gasteiger partial charge is 0.234 e. The van der Waals surface area contributed by atoms with E-state index < -0.39 is 0 Å². The maximum Gasteiger partial charge on any atom is 0.234 e. The van der Waals surface area contributed by atoms with Crippen molar-refractivity contribution < 1.29 is 9.59 Å². The largest absolute Gasteiger partial charge is 0.285 e. The minimum atomic E-state index is -0.363. The maximum atomic E-state index is 11.7. The van der Waals surface area contributed by atoms with Gasteiger partial charge in [-0.3, -0.25) is 9.59 Å². The van der Waals surface area contributed by atoms with E-state index in [1.165, 1.54) is 0 Å². The van der Waals surface area contributed by atoms with Gasteiger partial charge in [-0.15, -0.1) is 0 Å². The first-order valence-corrected chi connectivity index (χ1v) is 5.64. The van der Waals surface area contributed by atoms with Gasteiger partial charge in [0.2, 0.25) is 11.6 Å². The molecular formula is C14H14O2. The van der Waals surface area contributed by atoms with Gasteiger partial charge in [-0.1, -0.05) is 50.1 Å². The fraction of sp³-hybridized carbons (Fsp3) is 0.286. The molecular weight excluding hydrogens is 200 g/mol. The third kappa shape index (κ3) is 1.71. The molecule has 0 heterocycles. The average Bonchev–Trinajstić information content (AvgIpc) is 2.55. The van der Waals surface area contributed by atoms with Crippen molar-refractivity contribution >= 4 is 17.1 Å². The molecule has 2 heteroatoms. The van der Waals surface area contributed by atoms with Crippen LogP contribution >= 0.6 is 0 Å². The van der Waals surface area contributed by atoms with E-state index in [4.69, 9.17) is 0 Å². The Morgan fingerprint density at radius 2 is 1.75 bits per heavy atom. The molecule has 1 aromatic carbocycles. The fourth-order valence-electron chi connectivity index (χ4n) is 1.94. The molecule has 2 nitrogen and oxygen atoms in total. The molecule has 0 saturated heterocycles. The molecule has 0 amide bonds. The molecule has 1 aliphatic rings. The van der Waals surface area contributed by atoms with Crippen LogP contribution in [0.2, 0.25) is 0 Å². The lowest BCUT2D eigenvalue weighted by Gasteiger charge is -1.97. The van der Waals surface area contributed by atoms with Crippen molar-refractivity contribution in [3.8, 4) is 0 Å². The van der Waals surface area contributed by atoms with Crippen molar-refractivity contribution in [2.45, 2.75) is 26.2 Å². The summed E-state index contributed by atoms with van der Waals surface area (Å²) in [5.74, 6) is -0.712. The van der Waals surface area contributed by atoms with Crippen LogP contribution in [0.5, 0.6) is 0 Å². The SMILES string of the molecule is CCCCC=C1C(=O)C(=O)c2ccccc21. The lowest BCUT2D eigenvalue weighted by atomic mass is 10.1. The summed E-state index contributed by atoms with van der Waals surface area (Å²) < 4.78 is 0.